The monoisotopic (exact) mass is 334 g/mol. The number of carbonyl (C=O) groups is 1. The first kappa shape index (κ1) is 17.0. The van der Waals surface area contributed by atoms with Crippen molar-refractivity contribution in [2.75, 3.05) is 0 Å². The summed E-state index contributed by atoms with van der Waals surface area (Å²) >= 11 is 3.12. The molecule has 0 spiro atoms. The highest BCUT2D eigenvalue weighted by atomic mass is 32.2. The van der Waals surface area contributed by atoms with Gasteiger partial charge in [-0.25, -0.2) is 4.98 Å². The number of hydrogen-bond acceptors (Lipinski definition) is 4. The van der Waals surface area contributed by atoms with Crippen LogP contribution in [0.5, 0.6) is 0 Å². The fourth-order valence-corrected chi connectivity index (χ4v) is 4.05. The second-order valence-corrected chi connectivity index (χ2v) is 7.89. The van der Waals surface area contributed by atoms with Crippen LogP contribution in [0.3, 0.4) is 0 Å². The molecular weight excluding hydrogens is 312 g/mol. The number of nitrogens with zero attached hydrogens (tertiary/aromatic N) is 1. The summed E-state index contributed by atoms with van der Waals surface area (Å²) in [7, 11) is 0. The molecule has 2 aromatic rings. The lowest BCUT2D eigenvalue weighted by Gasteiger charge is -2.16. The van der Waals surface area contributed by atoms with Crippen LogP contribution >= 0.6 is 23.1 Å². The molecule has 1 amide bonds. The number of hydrogen-bond donors (Lipinski definition) is 1. The van der Waals surface area contributed by atoms with Gasteiger partial charge in [0.25, 0.3) is 0 Å². The number of carbonyl (C=O) groups excluding carboxylic acids is 1. The van der Waals surface area contributed by atoms with Gasteiger partial charge in [-0.2, -0.15) is 0 Å². The Morgan fingerprint density at radius 2 is 2.05 bits per heavy atom. The first-order chi connectivity index (χ1) is 10.5. The summed E-state index contributed by atoms with van der Waals surface area (Å²) in [5, 5.41) is 4.98. The van der Waals surface area contributed by atoms with E-state index in [1.165, 1.54) is 17.3 Å². The maximum Gasteiger partial charge on any atom is 0.233 e. The van der Waals surface area contributed by atoms with Gasteiger partial charge >= 0.3 is 0 Å². The Hall–Kier alpha value is -1.33. The molecule has 1 aromatic heterocycles. The molecule has 1 N–H and O–H groups in total. The van der Waals surface area contributed by atoms with Gasteiger partial charge < -0.3 is 5.32 Å². The van der Waals surface area contributed by atoms with E-state index in [4.69, 9.17) is 0 Å². The molecule has 1 aromatic carbocycles. The van der Waals surface area contributed by atoms with Gasteiger partial charge in [-0.05, 0) is 39.2 Å². The molecule has 2 atom stereocenters. The van der Waals surface area contributed by atoms with Gasteiger partial charge in [0.05, 0.1) is 5.25 Å². The summed E-state index contributed by atoms with van der Waals surface area (Å²) < 4.78 is 0.956. The molecule has 0 unspecified atom stereocenters. The van der Waals surface area contributed by atoms with Crippen LogP contribution in [0.1, 0.15) is 31.5 Å². The standard InChI is InChI=1S/C17H22N2OS2/c1-12(9-10-15-7-5-4-6-8-15)18-16(20)14(3)22-17-19-13(2)11-21-17/h4-8,11-12,14H,9-10H2,1-3H3,(H,18,20)/t12-,14+/m1/s1. The first-order valence-corrected chi connectivity index (χ1v) is 9.23. The zero-order valence-electron chi connectivity index (χ0n) is 13.2. The molecule has 0 fully saturated rings. The number of nitrogens with one attached hydrogen (secondary N) is 1. The Kier molecular flexibility index (Phi) is 6.46. The van der Waals surface area contributed by atoms with Crippen LogP contribution in [-0.4, -0.2) is 22.2 Å². The molecule has 3 nitrogen and oxygen atoms in total. The van der Waals surface area contributed by atoms with Crippen LogP contribution in [-0.2, 0) is 11.2 Å². The van der Waals surface area contributed by atoms with Crippen molar-refractivity contribution in [2.24, 2.45) is 0 Å². The Balaban J connectivity index is 1.75. The molecule has 118 valence electrons. The van der Waals surface area contributed by atoms with E-state index in [0.717, 1.165) is 22.9 Å². The zero-order chi connectivity index (χ0) is 15.9. The molecule has 0 bridgehead atoms. The second kappa shape index (κ2) is 8.34. The maximum absolute atomic E-state index is 12.2. The van der Waals surface area contributed by atoms with Crippen molar-refractivity contribution in [3.63, 3.8) is 0 Å². The quantitative estimate of drug-likeness (QED) is 0.776. The predicted octanol–water partition coefficient (Wildman–Crippen LogP) is 4.07. The number of thiazole rings is 1. The predicted molar refractivity (Wildman–Crippen MR) is 94.5 cm³/mol. The SMILES string of the molecule is Cc1csc(S[C@@H](C)C(=O)N[C@H](C)CCc2ccccc2)n1. The summed E-state index contributed by atoms with van der Waals surface area (Å²) in [6.07, 6.45) is 1.93. The average Bonchev–Trinajstić information content (AvgIpc) is 2.91. The lowest BCUT2D eigenvalue weighted by molar-refractivity contribution is -0.120. The third-order valence-electron chi connectivity index (χ3n) is 3.34. The number of amides is 1. The minimum absolute atomic E-state index is 0.0819. The number of benzene rings is 1. The van der Waals surface area contributed by atoms with Crippen molar-refractivity contribution >= 4 is 29.0 Å². The third-order valence-corrected chi connectivity index (χ3v) is 5.53. The Morgan fingerprint density at radius 3 is 2.68 bits per heavy atom. The smallest absolute Gasteiger partial charge is 0.233 e. The van der Waals surface area contributed by atoms with E-state index >= 15 is 0 Å². The molecule has 0 saturated carbocycles. The fourth-order valence-electron chi connectivity index (χ4n) is 2.05. The summed E-state index contributed by atoms with van der Waals surface area (Å²) in [4.78, 5) is 16.6. The molecule has 22 heavy (non-hydrogen) atoms. The number of aromatic nitrogens is 1. The lowest BCUT2D eigenvalue weighted by Crippen LogP contribution is -2.37. The molecule has 5 heteroatoms. The second-order valence-electron chi connectivity index (χ2n) is 5.45. The topological polar surface area (TPSA) is 42.0 Å². The minimum atomic E-state index is -0.121. The van der Waals surface area contributed by atoms with Crippen LogP contribution in [0.25, 0.3) is 0 Å². The van der Waals surface area contributed by atoms with Gasteiger partial charge in [-0.3, -0.25) is 4.79 Å². The molecule has 1 heterocycles. The van der Waals surface area contributed by atoms with E-state index in [9.17, 15) is 4.79 Å². The lowest BCUT2D eigenvalue weighted by atomic mass is 10.1. The highest BCUT2D eigenvalue weighted by Crippen LogP contribution is 2.26. The number of thioether (sulfide) groups is 1. The summed E-state index contributed by atoms with van der Waals surface area (Å²) in [6.45, 7) is 5.96. The summed E-state index contributed by atoms with van der Waals surface area (Å²) in [5.41, 5.74) is 2.32. The Labute approximate surface area is 140 Å². The average molecular weight is 335 g/mol. The summed E-state index contributed by atoms with van der Waals surface area (Å²) in [5.74, 6) is 0.0819. The van der Waals surface area contributed by atoms with Gasteiger partial charge in [0.15, 0.2) is 4.34 Å². The van der Waals surface area contributed by atoms with E-state index in [1.807, 2.05) is 37.4 Å². The molecule has 0 aliphatic rings. The highest BCUT2D eigenvalue weighted by Gasteiger charge is 2.17. The molecule has 0 saturated heterocycles. The van der Waals surface area contributed by atoms with Crippen molar-refractivity contribution in [3.05, 3.63) is 47.0 Å². The van der Waals surface area contributed by atoms with E-state index in [0.29, 0.717) is 0 Å². The van der Waals surface area contributed by atoms with Crippen molar-refractivity contribution < 1.29 is 4.79 Å². The molecular formula is C17H22N2OS2. The van der Waals surface area contributed by atoms with E-state index in [2.05, 4.69) is 29.4 Å². The Bertz CT molecular complexity index is 598. The van der Waals surface area contributed by atoms with Gasteiger partial charge in [0.2, 0.25) is 5.91 Å². The van der Waals surface area contributed by atoms with Crippen LogP contribution in [0, 0.1) is 6.92 Å². The largest absolute Gasteiger partial charge is 0.353 e. The molecule has 0 radical (unpaired) electrons. The first-order valence-electron chi connectivity index (χ1n) is 7.47. The molecule has 0 aliphatic carbocycles. The highest BCUT2D eigenvalue weighted by molar-refractivity contribution is 8.02. The maximum atomic E-state index is 12.2. The molecule has 2 rings (SSSR count). The Morgan fingerprint density at radius 1 is 1.32 bits per heavy atom. The van der Waals surface area contributed by atoms with Crippen LogP contribution in [0.2, 0.25) is 0 Å². The van der Waals surface area contributed by atoms with Crippen molar-refractivity contribution in [3.8, 4) is 0 Å². The van der Waals surface area contributed by atoms with Gasteiger partial charge in [0, 0.05) is 17.1 Å². The van der Waals surface area contributed by atoms with Gasteiger partial charge in [-0.15, -0.1) is 11.3 Å². The van der Waals surface area contributed by atoms with Crippen LogP contribution < -0.4 is 5.32 Å². The normalized spacial score (nSPS) is 13.6. The van der Waals surface area contributed by atoms with Gasteiger partial charge in [0.1, 0.15) is 0 Å². The van der Waals surface area contributed by atoms with E-state index < -0.39 is 0 Å². The zero-order valence-corrected chi connectivity index (χ0v) is 14.8. The van der Waals surface area contributed by atoms with Crippen LogP contribution in [0.15, 0.2) is 40.1 Å². The fraction of sp³-hybridized carbons (Fsp3) is 0.412. The molecule has 0 aliphatic heterocycles. The van der Waals surface area contributed by atoms with Gasteiger partial charge in [-0.1, -0.05) is 42.1 Å². The third kappa shape index (κ3) is 5.46. The van der Waals surface area contributed by atoms with Crippen LogP contribution in [0.4, 0.5) is 0 Å². The van der Waals surface area contributed by atoms with Crippen molar-refractivity contribution in [1.29, 1.82) is 0 Å². The van der Waals surface area contributed by atoms with Crippen molar-refractivity contribution in [1.82, 2.24) is 10.3 Å². The van der Waals surface area contributed by atoms with E-state index in [-0.39, 0.29) is 17.2 Å². The summed E-state index contributed by atoms with van der Waals surface area (Å²) in [6, 6.07) is 10.5. The number of rotatable bonds is 7. The van der Waals surface area contributed by atoms with Crippen molar-refractivity contribution in [2.45, 2.75) is 49.2 Å². The van der Waals surface area contributed by atoms with E-state index in [1.54, 1.807) is 11.3 Å². The number of aryl methyl sites for hydroxylation is 2. The minimum Gasteiger partial charge on any atom is -0.353 e.